The van der Waals surface area contributed by atoms with Crippen LogP contribution in [0.2, 0.25) is 0 Å². The predicted octanol–water partition coefficient (Wildman–Crippen LogP) is 4.81. The van der Waals surface area contributed by atoms with Gasteiger partial charge in [-0.1, -0.05) is 34.1 Å². The van der Waals surface area contributed by atoms with Crippen molar-refractivity contribution in [2.75, 3.05) is 7.11 Å². The molecule has 4 fully saturated rings. The number of fused-ring (bicyclic) bond motifs is 5. The van der Waals surface area contributed by atoms with Gasteiger partial charge in [0.05, 0.1) is 19.3 Å². The normalized spacial score (nSPS) is 51.4. The molecule has 0 aromatic rings. The van der Waals surface area contributed by atoms with E-state index in [0.29, 0.717) is 41.9 Å². The fourth-order valence-corrected chi connectivity index (χ4v) is 9.02. The van der Waals surface area contributed by atoms with Crippen LogP contribution in [0, 0.1) is 52.3 Å². The van der Waals surface area contributed by atoms with Gasteiger partial charge in [-0.05, 0) is 97.2 Å². The fourth-order valence-electron chi connectivity index (χ4n) is 9.02. The van der Waals surface area contributed by atoms with Crippen molar-refractivity contribution in [3.63, 3.8) is 0 Å². The van der Waals surface area contributed by atoms with Crippen molar-refractivity contribution >= 4 is 5.97 Å². The molecule has 0 heterocycles. The van der Waals surface area contributed by atoms with Crippen LogP contribution in [0.4, 0.5) is 0 Å². The maximum atomic E-state index is 11.7. The summed E-state index contributed by atoms with van der Waals surface area (Å²) in [6.45, 7) is 9.39. The van der Waals surface area contributed by atoms with Crippen LogP contribution in [0.1, 0.15) is 85.5 Å². The molecule has 4 rings (SSSR count). The Morgan fingerprint density at radius 2 is 1.83 bits per heavy atom. The number of ether oxygens (including phenoxy) is 1. The van der Waals surface area contributed by atoms with Crippen LogP contribution < -0.4 is 0 Å². The van der Waals surface area contributed by atoms with Crippen molar-refractivity contribution in [3.05, 3.63) is 0 Å². The first kappa shape index (κ1) is 22.6. The molecule has 0 radical (unpaired) electrons. The number of carbonyl (C=O) groups excluding carboxylic acids is 1. The molecule has 4 heteroatoms. The van der Waals surface area contributed by atoms with Gasteiger partial charge >= 0.3 is 5.97 Å². The van der Waals surface area contributed by atoms with Gasteiger partial charge in [-0.3, -0.25) is 4.79 Å². The zero-order valence-electron chi connectivity index (χ0n) is 19.8. The van der Waals surface area contributed by atoms with Gasteiger partial charge in [0, 0.05) is 6.42 Å². The molecule has 0 amide bonds. The highest BCUT2D eigenvalue weighted by Gasteiger charge is 2.65. The van der Waals surface area contributed by atoms with Crippen molar-refractivity contribution in [3.8, 4) is 0 Å². The number of hydrogen-bond donors (Lipinski definition) is 2. The minimum atomic E-state index is -0.307. The maximum Gasteiger partial charge on any atom is 0.305 e. The first-order valence-electron chi connectivity index (χ1n) is 12.6. The highest BCUT2D eigenvalue weighted by Crippen LogP contribution is 2.68. The molecule has 30 heavy (non-hydrogen) atoms. The van der Waals surface area contributed by atoms with E-state index < -0.39 is 0 Å². The molecular weight excluding hydrogens is 376 g/mol. The van der Waals surface area contributed by atoms with Crippen molar-refractivity contribution in [2.24, 2.45) is 52.3 Å². The third-order valence-electron chi connectivity index (χ3n) is 10.8. The second-order valence-corrected chi connectivity index (χ2v) is 12.1. The molecular formula is C26H44O4. The van der Waals surface area contributed by atoms with Crippen LogP contribution in [0.3, 0.4) is 0 Å². The van der Waals surface area contributed by atoms with Gasteiger partial charge in [0.2, 0.25) is 0 Å². The highest BCUT2D eigenvalue weighted by molar-refractivity contribution is 5.69. The first-order chi connectivity index (χ1) is 14.1. The van der Waals surface area contributed by atoms with Crippen molar-refractivity contribution in [1.29, 1.82) is 0 Å². The van der Waals surface area contributed by atoms with Crippen LogP contribution in [-0.4, -0.2) is 35.5 Å². The van der Waals surface area contributed by atoms with E-state index in [0.717, 1.165) is 38.0 Å². The number of hydrogen-bond acceptors (Lipinski definition) is 4. The van der Waals surface area contributed by atoms with Crippen LogP contribution in [0.25, 0.3) is 0 Å². The van der Waals surface area contributed by atoms with Gasteiger partial charge in [0.15, 0.2) is 0 Å². The Kier molecular flexibility index (Phi) is 6.07. The molecule has 4 saturated carbocycles. The number of carbonyl (C=O) groups is 1. The van der Waals surface area contributed by atoms with Crippen molar-refractivity contribution in [1.82, 2.24) is 0 Å². The summed E-state index contributed by atoms with van der Waals surface area (Å²) in [6, 6.07) is 0. The number of rotatable bonds is 4. The zero-order chi connectivity index (χ0) is 21.8. The quantitative estimate of drug-likeness (QED) is 0.640. The van der Waals surface area contributed by atoms with E-state index in [1.807, 2.05) is 0 Å². The SMILES string of the molecule is COC(=O)CCC(C)C1CCC2C3C(O)CC4C[C@H](C)CCC4(C)C3C[C@H](O)C12C. The van der Waals surface area contributed by atoms with E-state index in [-0.39, 0.29) is 29.0 Å². The smallest absolute Gasteiger partial charge is 0.305 e. The third kappa shape index (κ3) is 3.36. The lowest BCUT2D eigenvalue weighted by molar-refractivity contribution is -0.203. The van der Waals surface area contributed by atoms with E-state index >= 15 is 0 Å². The lowest BCUT2D eigenvalue weighted by Gasteiger charge is -2.63. The summed E-state index contributed by atoms with van der Waals surface area (Å²) in [6.07, 6.45) is 8.53. The van der Waals surface area contributed by atoms with E-state index in [2.05, 4.69) is 27.7 Å². The van der Waals surface area contributed by atoms with E-state index in [1.165, 1.54) is 26.4 Å². The third-order valence-corrected chi connectivity index (χ3v) is 10.8. The summed E-state index contributed by atoms with van der Waals surface area (Å²) in [5, 5.41) is 23.0. The minimum absolute atomic E-state index is 0.140. The standard InChI is InChI=1S/C26H44O4/c1-15-10-11-25(3)17(12-15)13-21(27)24-19-8-7-18(16(2)6-9-23(29)30-5)26(19,4)22(28)14-20(24)25/h15-22,24,27-28H,6-14H2,1-5H3/t15-,16?,17?,18?,19?,20?,21?,22+,24?,25?,26?/m1/s1. The van der Waals surface area contributed by atoms with Crippen molar-refractivity contribution in [2.45, 2.75) is 97.7 Å². The van der Waals surface area contributed by atoms with Crippen LogP contribution in [-0.2, 0) is 9.53 Å². The molecule has 2 N–H and O–H groups in total. The van der Waals surface area contributed by atoms with Gasteiger partial charge in [0.1, 0.15) is 0 Å². The highest BCUT2D eigenvalue weighted by atomic mass is 16.5. The Morgan fingerprint density at radius 3 is 2.53 bits per heavy atom. The molecule has 0 saturated heterocycles. The Morgan fingerprint density at radius 1 is 1.10 bits per heavy atom. The minimum Gasteiger partial charge on any atom is -0.469 e. The number of esters is 1. The molecule has 11 atom stereocenters. The maximum absolute atomic E-state index is 11.7. The van der Waals surface area contributed by atoms with E-state index in [9.17, 15) is 15.0 Å². The first-order valence-corrected chi connectivity index (χ1v) is 12.6. The second kappa shape index (κ2) is 8.06. The average Bonchev–Trinajstić information content (AvgIpc) is 3.06. The predicted molar refractivity (Wildman–Crippen MR) is 118 cm³/mol. The van der Waals surface area contributed by atoms with Crippen LogP contribution in [0.5, 0.6) is 0 Å². The van der Waals surface area contributed by atoms with Gasteiger partial charge in [-0.25, -0.2) is 0 Å². The summed E-state index contributed by atoms with van der Waals surface area (Å²) in [5.41, 5.74) is 0.121. The summed E-state index contributed by atoms with van der Waals surface area (Å²) >= 11 is 0. The molecule has 0 bridgehead atoms. The number of methoxy groups -OCH3 is 1. The topological polar surface area (TPSA) is 66.8 Å². The molecule has 0 aromatic carbocycles. The van der Waals surface area contributed by atoms with Gasteiger partial charge < -0.3 is 14.9 Å². The van der Waals surface area contributed by atoms with Gasteiger partial charge in [0.25, 0.3) is 0 Å². The summed E-state index contributed by atoms with van der Waals surface area (Å²) < 4.78 is 4.85. The molecule has 172 valence electrons. The molecule has 0 aromatic heterocycles. The van der Waals surface area contributed by atoms with Crippen molar-refractivity contribution < 1.29 is 19.7 Å². The molecule has 9 unspecified atom stereocenters. The Hall–Kier alpha value is -0.610. The molecule has 0 aliphatic heterocycles. The Bertz CT molecular complexity index is 649. The van der Waals surface area contributed by atoms with Crippen LogP contribution in [0.15, 0.2) is 0 Å². The summed E-state index contributed by atoms with van der Waals surface area (Å²) in [5.74, 6) is 3.17. The lowest BCUT2D eigenvalue weighted by atomic mass is 9.42. The second-order valence-electron chi connectivity index (χ2n) is 12.1. The number of aliphatic hydroxyl groups is 2. The lowest BCUT2D eigenvalue weighted by Crippen LogP contribution is -2.62. The Labute approximate surface area is 183 Å². The Balaban J connectivity index is 1.58. The van der Waals surface area contributed by atoms with E-state index in [4.69, 9.17) is 4.74 Å². The molecule has 4 nitrogen and oxygen atoms in total. The average molecular weight is 421 g/mol. The largest absolute Gasteiger partial charge is 0.469 e. The summed E-state index contributed by atoms with van der Waals surface area (Å²) in [7, 11) is 1.45. The summed E-state index contributed by atoms with van der Waals surface area (Å²) in [4.78, 5) is 11.7. The zero-order valence-corrected chi connectivity index (χ0v) is 19.8. The molecule has 4 aliphatic rings. The van der Waals surface area contributed by atoms with Gasteiger partial charge in [-0.2, -0.15) is 0 Å². The molecule has 0 spiro atoms. The molecule has 4 aliphatic carbocycles. The number of aliphatic hydroxyl groups excluding tert-OH is 2. The monoisotopic (exact) mass is 420 g/mol. The van der Waals surface area contributed by atoms with Crippen LogP contribution >= 0.6 is 0 Å². The van der Waals surface area contributed by atoms with E-state index in [1.54, 1.807) is 0 Å². The fraction of sp³-hybridized carbons (Fsp3) is 0.962. The van der Waals surface area contributed by atoms with Gasteiger partial charge in [-0.15, -0.1) is 0 Å².